The summed E-state index contributed by atoms with van der Waals surface area (Å²) in [6.45, 7) is 0.108. The van der Waals surface area contributed by atoms with E-state index in [0.29, 0.717) is 17.1 Å². The number of nitrogens with zero attached hydrogens (tertiary/aromatic N) is 3. The van der Waals surface area contributed by atoms with Gasteiger partial charge in [0.1, 0.15) is 5.82 Å². The van der Waals surface area contributed by atoms with Gasteiger partial charge in [0.05, 0.1) is 17.9 Å². The number of alkyl halides is 3. The Morgan fingerprint density at radius 2 is 1.93 bits per heavy atom. The molecule has 0 unspecified atom stereocenters. The van der Waals surface area contributed by atoms with Crippen molar-refractivity contribution in [2.45, 2.75) is 6.18 Å². The zero-order valence-corrected chi connectivity index (χ0v) is 15.9. The van der Waals surface area contributed by atoms with Gasteiger partial charge in [0.25, 0.3) is 0 Å². The van der Waals surface area contributed by atoms with Crippen LogP contribution in [0.1, 0.15) is 5.56 Å². The average molecular weight is 454 g/mol. The molecule has 2 aromatic heterocycles. The molecule has 2 heterocycles. The molecule has 0 aliphatic carbocycles. The van der Waals surface area contributed by atoms with Crippen LogP contribution in [0.25, 0.3) is 11.3 Å². The quantitative estimate of drug-likeness (QED) is 0.510. The summed E-state index contributed by atoms with van der Waals surface area (Å²) < 4.78 is 39.4. The number of benzene rings is 1. The lowest BCUT2D eigenvalue weighted by Gasteiger charge is -2.14. The van der Waals surface area contributed by atoms with Crippen LogP contribution in [0.5, 0.6) is 0 Å². The first kappa shape index (κ1) is 20.0. The van der Waals surface area contributed by atoms with Crippen molar-refractivity contribution in [1.29, 1.82) is 0 Å². The molecule has 0 aliphatic rings. The van der Waals surface area contributed by atoms with E-state index in [1.54, 1.807) is 30.6 Å². The van der Waals surface area contributed by atoms with Crippen LogP contribution in [0, 0.1) is 0 Å². The van der Waals surface area contributed by atoms with E-state index < -0.39 is 11.7 Å². The Kier molecular flexibility index (Phi) is 6.10. The van der Waals surface area contributed by atoms with Crippen LogP contribution in [0.4, 0.5) is 30.6 Å². The average Bonchev–Trinajstić information content (AvgIpc) is 2.67. The molecule has 1 aromatic carbocycles. The van der Waals surface area contributed by atoms with E-state index in [1.165, 1.54) is 12.1 Å². The van der Waals surface area contributed by atoms with Crippen LogP contribution in [0.3, 0.4) is 0 Å². The second kappa shape index (κ2) is 8.53. The van der Waals surface area contributed by atoms with E-state index in [0.717, 1.165) is 6.07 Å². The van der Waals surface area contributed by atoms with E-state index in [2.05, 4.69) is 41.5 Å². The number of aliphatic hydroxyl groups excluding tert-OH is 1. The van der Waals surface area contributed by atoms with Crippen LogP contribution in [-0.4, -0.2) is 33.2 Å². The Hall–Kier alpha value is -2.72. The van der Waals surface area contributed by atoms with Gasteiger partial charge in [0.15, 0.2) is 0 Å². The largest absolute Gasteiger partial charge is 0.417 e. The normalized spacial score (nSPS) is 11.3. The van der Waals surface area contributed by atoms with Gasteiger partial charge in [-0.25, -0.2) is 4.98 Å². The highest BCUT2D eigenvalue weighted by molar-refractivity contribution is 9.10. The fourth-order valence-electron chi connectivity index (χ4n) is 2.39. The summed E-state index contributed by atoms with van der Waals surface area (Å²) in [6, 6.07) is 8.98. The molecule has 0 saturated heterocycles. The van der Waals surface area contributed by atoms with Gasteiger partial charge in [0, 0.05) is 40.7 Å². The molecule has 0 bridgehead atoms. The van der Waals surface area contributed by atoms with Gasteiger partial charge in [0.2, 0.25) is 5.95 Å². The van der Waals surface area contributed by atoms with Crippen molar-refractivity contribution in [2.24, 2.45) is 0 Å². The van der Waals surface area contributed by atoms with Crippen molar-refractivity contribution in [1.82, 2.24) is 15.0 Å². The predicted octanol–water partition coefficient (Wildman–Crippen LogP) is 4.47. The Morgan fingerprint density at radius 1 is 1.11 bits per heavy atom. The minimum Gasteiger partial charge on any atom is -0.395 e. The van der Waals surface area contributed by atoms with Gasteiger partial charge in [-0.05, 0) is 30.3 Å². The number of halogens is 4. The van der Waals surface area contributed by atoms with Gasteiger partial charge in [-0.3, -0.25) is 4.98 Å². The molecule has 0 amide bonds. The molecule has 3 rings (SSSR count). The van der Waals surface area contributed by atoms with Crippen molar-refractivity contribution in [3.8, 4) is 11.3 Å². The molecule has 146 valence electrons. The second-order valence-electron chi connectivity index (χ2n) is 5.67. The Morgan fingerprint density at radius 3 is 2.61 bits per heavy atom. The number of hydrogen-bond acceptors (Lipinski definition) is 6. The highest BCUT2D eigenvalue weighted by Crippen LogP contribution is 2.37. The molecule has 28 heavy (non-hydrogen) atoms. The zero-order valence-electron chi connectivity index (χ0n) is 14.3. The summed E-state index contributed by atoms with van der Waals surface area (Å²) in [7, 11) is 0. The molecule has 0 spiro atoms. The number of anilines is 3. The lowest BCUT2D eigenvalue weighted by molar-refractivity contribution is -0.138. The standard InChI is InChI=1S/C18H15BrF3N5O/c19-14-4-3-12(8-13(14)18(20,21)22)25-16-9-15(11-2-1-5-23-10-11)26-17(27-16)24-6-7-28/h1-5,8-10,28H,6-7H2,(H2,24,25,26,27). The number of hydrogen-bond donors (Lipinski definition) is 3. The molecular weight excluding hydrogens is 439 g/mol. The SMILES string of the molecule is OCCNc1nc(Nc2ccc(Br)c(C(F)(F)F)c2)cc(-c2cccnc2)n1. The Balaban J connectivity index is 1.97. The minimum absolute atomic E-state index is 0.0467. The van der Waals surface area contributed by atoms with E-state index in [9.17, 15) is 13.2 Å². The van der Waals surface area contributed by atoms with Crippen LogP contribution in [0.2, 0.25) is 0 Å². The van der Waals surface area contributed by atoms with Gasteiger partial charge < -0.3 is 15.7 Å². The first-order chi connectivity index (χ1) is 13.4. The molecule has 0 radical (unpaired) electrons. The minimum atomic E-state index is -4.49. The molecule has 3 N–H and O–H groups in total. The van der Waals surface area contributed by atoms with E-state index >= 15 is 0 Å². The maximum atomic E-state index is 13.1. The van der Waals surface area contributed by atoms with E-state index in [1.807, 2.05) is 0 Å². The van der Waals surface area contributed by atoms with Gasteiger partial charge in [-0.15, -0.1) is 0 Å². The molecule has 0 atom stereocenters. The third-order valence-electron chi connectivity index (χ3n) is 3.62. The van der Waals surface area contributed by atoms with Crippen LogP contribution in [-0.2, 0) is 6.18 Å². The summed E-state index contributed by atoms with van der Waals surface area (Å²) in [6.07, 6.45) is -1.25. The highest BCUT2D eigenvalue weighted by atomic mass is 79.9. The fourth-order valence-corrected chi connectivity index (χ4v) is 2.86. The molecule has 10 heteroatoms. The molecule has 0 fully saturated rings. The van der Waals surface area contributed by atoms with Crippen molar-refractivity contribution < 1.29 is 18.3 Å². The lowest BCUT2D eigenvalue weighted by atomic mass is 10.2. The van der Waals surface area contributed by atoms with Gasteiger partial charge in [-0.1, -0.05) is 15.9 Å². The van der Waals surface area contributed by atoms with Gasteiger partial charge >= 0.3 is 6.18 Å². The maximum Gasteiger partial charge on any atom is 0.417 e. The third-order valence-corrected chi connectivity index (χ3v) is 4.31. The number of pyridine rings is 1. The van der Waals surface area contributed by atoms with Crippen molar-refractivity contribution >= 4 is 33.4 Å². The summed E-state index contributed by atoms with van der Waals surface area (Å²) in [5.74, 6) is 0.524. The summed E-state index contributed by atoms with van der Waals surface area (Å²) in [5.41, 5.74) is 0.670. The molecule has 6 nitrogen and oxygen atoms in total. The first-order valence-corrected chi connectivity index (χ1v) is 8.94. The summed E-state index contributed by atoms with van der Waals surface area (Å²) in [5, 5.41) is 14.7. The van der Waals surface area contributed by atoms with Gasteiger partial charge in [-0.2, -0.15) is 18.2 Å². The topological polar surface area (TPSA) is 83.0 Å². The fraction of sp³-hybridized carbons (Fsp3) is 0.167. The highest BCUT2D eigenvalue weighted by Gasteiger charge is 2.33. The predicted molar refractivity (Wildman–Crippen MR) is 103 cm³/mol. The smallest absolute Gasteiger partial charge is 0.395 e. The number of aliphatic hydroxyl groups is 1. The molecular formula is C18H15BrF3N5O. The van der Waals surface area contributed by atoms with Crippen molar-refractivity contribution in [3.63, 3.8) is 0 Å². The first-order valence-electron chi connectivity index (χ1n) is 8.15. The number of rotatable bonds is 6. The maximum absolute atomic E-state index is 13.1. The monoisotopic (exact) mass is 453 g/mol. The van der Waals surface area contributed by atoms with E-state index in [4.69, 9.17) is 5.11 Å². The van der Waals surface area contributed by atoms with E-state index in [-0.39, 0.29) is 29.3 Å². The second-order valence-corrected chi connectivity index (χ2v) is 6.53. The lowest BCUT2D eigenvalue weighted by Crippen LogP contribution is -2.10. The van der Waals surface area contributed by atoms with Crippen molar-refractivity contribution in [3.05, 3.63) is 58.8 Å². The summed E-state index contributed by atoms with van der Waals surface area (Å²) in [4.78, 5) is 12.6. The summed E-state index contributed by atoms with van der Waals surface area (Å²) >= 11 is 2.92. The Bertz CT molecular complexity index is 954. The molecule has 0 aliphatic heterocycles. The van der Waals surface area contributed by atoms with Crippen LogP contribution in [0.15, 0.2) is 53.3 Å². The Labute approximate surface area is 167 Å². The van der Waals surface area contributed by atoms with Crippen LogP contribution >= 0.6 is 15.9 Å². The van der Waals surface area contributed by atoms with Crippen molar-refractivity contribution in [2.75, 3.05) is 23.8 Å². The third kappa shape index (κ3) is 4.96. The number of aromatic nitrogens is 3. The molecule has 0 saturated carbocycles. The zero-order chi connectivity index (χ0) is 20.1. The molecule has 3 aromatic rings. The van der Waals surface area contributed by atoms with Crippen LogP contribution < -0.4 is 10.6 Å². The number of nitrogens with one attached hydrogen (secondary N) is 2.